The molecule has 0 aliphatic carbocycles. The number of ether oxygens (including phenoxy) is 2. The number of rotatable bonds is 6. The third kappa shape index (κ3) is 4.69. The third-order valence-corrected chi connectivity index (χ3v) is 4.13. The first-order valence-electron chi connectivity index (χ1n) is 7.70. The van der Waals surface area contributed by atoms with Crippen LogP contribution < -0.4 is 4.74 Å². The van der Waals surface area contributed by atoms with E-state index in [1.807, 2.05) is 0 Å². The normalized spacial score (nSPS) is 12.4. The van der Waals surface area contributed by atoms with Gasteiger partial charge in [-0.3, -0.25) is 14.9 Å². The minimum absolute atomic E-state index is 0.118. The monoisotopic (exact) mass is 418 g/mol. The van der Waals surface area contributed by atoms with Crippen molar-refractivity contribution in [2.45, 2.75) is 18.5 Å². The number of pyridine rings is 1. The molecule has 0 amide bonds. The van der Waals surface area contributed by atoms with Crippen LogP contribution in [0.25, 0.3) is 0 Å². The van der Waals surface area contributed by atoms with E-state index in [1.54, 1.807) is 0 Å². The number of alkyl halides is 3. The molecule has 1 unspecified atom stereocenters. The molecule has 1 atom stereocenters. The molecule has 0 spiro atoms. The molecule has 7 nitrogen and oxygen atoms in total. The van der Waals surface area contributed by atoms with E-state index in [-0.39, 0.29) is 22.9 Å². The maximum absolute atomic E-state index is 12.9. The van der Waals surface area contributed by atoms with E-state index in [2.05, 4.69) is 4.98 Å². The van der Waals surface area contributed by atoms with Gasteiger partial charge in [-0.25, -0.2) is 4.98 Å². The predicted octanol–water partition coefficient (Wildman–Crippen LogP) is 4.17. The summed E-state index contributed by atoms with van der Waals surface area (Å²) in [6.45, 7) is 0. The maximum atomic E-state index is 12.9. The molecule has 0 saturated carbocycles. The quantitative estimate of drug-likeness (QED) is 0.397. The predicted molar refractivity (Wildman–Crippen MR) is 92.4 cm³/mol. The number of methoxy groups -OCH3 is 2. The van der Waals surface area contributed by atoms with Gasteiger partial charge in [0.1, 0.15) is 0 Å². The average molecular weight is 419 g/mol. The molecule has 0 fully saturated rings. The van der Waals surface area contributed by atoms with Crippen molar-refractivity contribution < 1.29 is 32.4 Å². The van der Waals surface area contributed by atoms with E-state index in [0.717, 1.165) is 13.2 Å². The van der Waals surface area contributed by atoms with Crippen molar-refractivity contribution in [2.24, 2.45) is 0 Å². The van der Waals surface area contributed by atoms with Gasteiger partial charge in [0.15, 0.2) is 0 Å². The van der Waals surface area contributed by atoms with E-state index in [4.69, 9.17) is 21.1 Å². The molecule has 1 aromatic carbocycles. The molecule has 1 aromatic heterocycles. The summed E-state index contributed by atoms with van der Waals surface area (Å²) in [5.74, 6) is -2.03. The molecule has 0 bridgehead atoms. The van der Waals surface area contributed by atoms with E-state index in [0.29, 0.717) is 17.7 Å². The summed E-state index contributed by atoms with van der Waals surface area (Å²) >= 11 is 5.90. The third-order valence-electron chi connectivity index (χ3n) is 3.92. The van der Waals surface area contributed by atoms with Crippen LogP contribution in [0.2, 0.25) is 5.02 Å². The molecule has 0 radical (unpaired) electrons. The largest absolute Gasteiger partial charge is 0.481 e. The highest BCUT2D eigenvalue weighted by atomic mass is 35.5. The molecular weight excluding hydrogens is 405 g/mol. The molecule has 28 heavy (non-hydrogen) atoms. The number of nitro benzene ring substituents is 1. The summed E-state index contributed by atoms with van der Waals surface area (Å²) in [6.07, 6.45) is -3.66. The summed E-state index contributed by atoms with van der Waals surface area (Å²) in [5, 5.41) is 11.6. The number of hydrogen-bond donors (Lipinski definition) is 0. The van der Waals surface area contributed by atoms with Gasteiger partial charge in [-0.05, 0) is 18.6 Å². The second-order valence-corrected chi connectivity index (χ2v) is 6.07. The average Bonchev–Trinajstić information content (AvgIpc) is 2.64. The van der Waals surface area contributed by atoms with E-state index < -0.39 is 34.2 Å². The van der Waals surface area contributed by atoms with Crippen LogP contribution in [-0.2, 0) is 22.1 Å². The van der Waals surface area contributed by atoms with Crippen LogP contribution in [0.4, 0.5) is 18.9 Å². The van der Waals surface area contributed by atoms with Gasteiger partial charge in [0, 0.05) is 23.4 Å². The van der Waals surface area contributed by atoms with Crippen LogP contribution in [0.3, 0.4) is 0 Å². The van der Waals surface area contributed by atoms with Crippen molar-refractivity contribution in [3.63, 3.8) is 0 Å². The Morgan fingerprint density at radius 1 is 1.32 bits per heavy atom. The Balaban J connectivity index is 2.60. The van der Waals surface area contributed by atoms with Gasteiger partial charge in [-0.1, -0.05) is 17.7 Å². The fourth-order valence-electron chi connectivity index (χ4n) is 2.65. The lowest BCUT2D eigenvalue weighted by atomic mass is 9.90. The van der Waals surface area contributed by atoms with Gasteiger partial charge >= 0.3 is 12.1 Å². The van der Waals surface area contributed by atoms with Crippen molar-refractivity contribution in [3.05, 3.63) is 62.3 Å². The number of aromatic nitrogens is 1. The van der Waals surface area contributed by atoms with E-state index in [1.165, 1.54) is 19.4 Å². The molecule has 2 aromatic rings. The zero-order chi connectivity index (χ0) is 21.1. The molecule has 150 valence electrons. The van der Waals surface area contributed by atoms with Crippen LogP contribution in [0.15, 0.2) is 30.5 Å². The minimum Gasteiger partial charge on any atom is -0.481 e. The zero-order valence-electron chi connectivity index (χ0n) is 14.6. The number of carbonyl (C=O) groups excluding carboxylic acids is 1. The van der Waals surface area contributed by atoms with Crippen molar-refractivity contribution in [1.82, 2.24) is 4.98 Å². The lowest BCUT2D eigenvalue weighted by Crippen LogP contribution is -2.19. The Kier molecular flexibility index (Phi) is 6.45. The SMILES string of the molecule is COC(=O)C(Cc1cc(Cl)cnc1OC)c1ccc(C(F)(F)F)cc1[N+](=O)[O-]. The van der Waals surface area contributed by atoms with Gasteiger partial charge in [0.05, 0.1) is 35.6 Å². The summed E-state index contributed by atoms with van der Waals surface area (Å²) < 4.78 is 48.6. The maximum Gasteiger partial charge on any atom is 0.416 e. The second-order valence-electron chi connectivity index (χ2n) is 5.63. The van der Waals surface area contributed by atoms with Crippen LogP contribution in [-0.4, -0.2) is 30.1 Å². The molecule has 0 N–H and O–H groups in total. The highest BCUT2D eigenvalue weighted by Crippen LogP contribution is 2.37. The first kappa shape index (κ1) is 21.4. The fourth-order valence-corrected chi connectivity index (χ4v) is 2.83. The van der Waals surface area contributed by atoms with Crippen LogP contribution in [0.5, 0.6) is 5.88 Å². The number of nitrogens with zero attached hydrogens (tertiary/aromatic N) is 2. The topological polar surface area (TPSA) is 91.6 Å². The molecule has 0 saturated heterocycles. The Bertz CT molecular complexity index is 905. The van der Waals surface area contributed by atoms with Gasteiger partial charge in [0.25, 0.3) is 5.69 Å². The molecular formula is C17H14ClF3N2O5. The van der Waals surface area contributed by atoms with Crippen molar-refractivity contribution in [2.75, 3.05) is 14.2 Å². The summed E-state index contributed by atoms with van der Waals surface area (Å²) in [5.41, 5.74) is -1.95. The Labute approximate surface area is 162 Å². The number of esters is 1. The molecule has 0 aliphatic rings. The van der Waals surface area contributed by atoms with Crippen molar-refractivity contribution >= 4 is 23.3 Å². The smallest absolute Gasteiger partial charge is 0.416 e. The zero-order valence-corrected chi connectivity index (χ0v) is 15.4. The number of carbonyl (C=O) groups is 1. The highest BCUT2D eigenvalue weighted by Gasteiger charge is 2.36. The lowest BCUT2D eigenvalue weighted by Gasteiger charge is -2.17. The Hall–Kier alpha value is -2.88. The van der Waals surface area contributed by atoms with Crippen molar-refractivity contribution in [1.29, 1.82) is 0 Å². The summed E-state index contributed by atoms with van der Waals surface area (Å²) in [7, 11) is 2.40. The standard InChI is InChI=1S/C17H14ClF3N2O5/c1-27-15-9(5-11(18)8-22-15)6-13(16(24)28-2)12-4-3-10(17(19,20)21)7-14(12)23(25)26/h3-5,7-8,13H,6H2,1-2H3. The molecule has 11 heteroatoms. The second kappa shape index (κ2) is 8.42. The lowest BCUT2D eigenvalue weighted by molar-refractivity contribution is -0.385. The summed E-state index contributed by atoms with van der Waals surface area (Å²) in [6, 6.07) is 3.40. The highest BCUT2D eigenvalue weighted by molar-refractivity contribution is 6.30. The van der Waals surface area contributed by atoms with E-state index in [9.17, 15) is 28.1 Å². The fraction of sp³-hybridized carbons (Fsp3) is 0.294. The van der Waals surface area contributed by atoms with Gasteiger partial charge in [0.2, 0.25) is 5.88 Å². The van der Waals surface area contributed by atoms with Gasteiger partial charge < -0.3 is 9.47 Å². The Morgan fingerprint density at radius 2 is 2.00 bits per heavy atom. The van der Waals surface area contributed by atoms with Crippen LogP contribution in [0.1, 0.15) is 22.6 Å². The number of benzene rings is 1. The van der Waals surface area contributed by atoms with Crippen LogP contribution >= 0.6 is 11.6 Å². The van der Waals surface area contributed by atoms with Crippen LogP contribution in [0, 0.1) is 10.1 Å². The summed E-state index contributed by atoms with van der Waals surface area (Å²) in [4.78, 5) is 26.6. The number of nitro groups is 1. The van der Waals surface area contributed by atoms with Gasteiger partial charge in [-0.15, -0.1) is 0 Å². The molecule has 2 rings (SSSR count). The molecule has 0 aliphatic heterocycles. The van der Waals surface area contributed by atoms with Crippen molar-refractivity contribution in [3.8, 4) is 5.88 Å². The van der Waals surface area contributed by atoms with E-state index >= 15 is 0 Å². The molecule has 1 heterocycles. The Morgan fingerprint density at radius 3 is 2.54 bits per heavy atom. The number of halogens is 4. The first-order chi connectivity index (χ1) is 13.1. The number of hydrogen-bond acceptors (Lipinski definition) is 6. The minimum atomic E-state index is -4.77. The van der Waals surface area contributed by atoms with Gasteiger partial charge in [-0.2, -0.15) is 13.2 Å². The first-order valence-corrected chi connectivity index (χ1v) is 8.08.